The number of phenols is 1. The van der Waals surface area contributed by atoms with Crippen LogP contribution in [-0.2, 0) is 4.79 Å². The largest absolute Gasteiger partial charge is 0.508 e. The van der Waals surface area contributed by atoms with Crippen LogP contribution in [0.4, 0.5) is 4.79 Å². The van der Waals surface area contributed by atoms with Crippen molar-refractivity contribution in [2.45, 2.75) is 44.6 Å². The molecular weight excluding hydrogens is 318 g/mol. The number of rotatable bonds is 4. The zero-order valence-corrected chi connectivity index (χ0v) is 14.8. The Morgan fingerprint density at radius 1 is 1.32 bits per heavy atom. The van der Waals surface area contributed by atoms with E-state index in [4.69, 9.17) is 0 Å². The zero-order chi connectivity index (χ0) is 17.8. The molecule has 0 aromatic heterocycles. The third-order valence-corrected chi connectivity index (χ3v) is 5.16. The second kappa shape index (κ2) is 7.76. The SMILES string of the molecule is CCCN1C[C@H](NC(=O)N2CCC(c3cccc(O)c3)CC2)CC1=O. The van der Waals surface area contributed by atoms with Crippen molar-refractivity contribution in [3.05, 3.63) is 29.8 Å². The Kier molecular flexibility index (Phi) is 5.46. The van der Waals surface area contributed by atoms with Crippen LogP contribution in [0.15, 0.2) is 24.3 Å². The van der Waals surface area contributed by atoms with Crippen LogP contribution in [0, 0.1) is 0 Å². The normalized spacial score (nSPS) is 21.6. The highest BCUT2D eigenvalue weighted by Gasteiger charge is 2.32. The molecule has 2 aliphatic rings. The Labute approximate surface area is 148 Å². The molecule has 0 saturated carbocycles. The van der Waals surface area contributed by atoms with Crippen molar-refractivity contribution in [2.24, 2.45) is 0 Å². The van der Waals surface area contributed by atoms with E-state index in [-0.39, 0.29) is 18.0 Å². The molecule has 2 aliphatic heterocycles. The zero-order valence-electron chi connectivity index (χ0n) is 14.8. The number of aromatic hydroxyl groups is 1. The van der Waals surface area contributed by atoms with Gasteiger partial charge in [-0.1, -0.05) is 19.1 Å². The summed E-state index contributed by atoms with van der Waals surface area (Å²) in [6.45, 7) is 4.84. The molecule has 6 heteroatoms. The van der Waals surface area contributed by atoms with E-state index in [1.807, 2.05) is 28.0 Å². The average Bonchev–Trinajstić information content (AvgIpc) is 2.94. The van der Waals surface area contributed by atoms with Gasteiger partial charge in [0.05, 0.1) is 6.04 Å². The fourth-order valence-electron chi connectivity index (χ4n) is 3.82. The van der Waals surface area contributed by atoms with Gasteiger partial charge >= 0.3 is 6.03 Å². The van der Waals surface area contributed by atoms with Crippen LogP contribution < -0.4 is 5.32 Å². The number of likely N-dealkylation sites (tertiary alicyclic amines) is 2. The fraction of sp³-hybridized carbons (Fsp3) is 0.579. The first-order valence-corrected chi connectivity index (χ1v) is 9.19. The monoisotopic (exact) mass is 345 g/mol. The number of piperidine rings is 1. The lowest BCUT2D eigenvalue weighted by molar-refractivity contribution is -0.127. The van der Waals surface area contributed by atoms with Crippen molar-refractivity contribution in [1.82, 2.24) is 15.1 Å². The molecule has 0 aliphatic carbocycles. The van der Waals surface area contributed by atoms with Gasteiger partial charge in [-0.3, -0.25) is 4.79 Å². The van der Waals surface area contributed by atoms with Crippen LogP contribution in [0.25, 0.3) is 0 Å². The molecule has 2 fully saturated rings. The molecular formula is C19H27N3O3. The fourth-order valence-corrected chi connectivity index (χ4v) is 3.82. The maximum absolute atomic E-state index is 12.5. The van der Waals surface area contributed by atoms with E-state index >= 15 is 0 Å². The van der Waals surface area contributed by atoms with Gasteiger partial charge < -0.3 is 20.2 Å². The van der Waals surface area contributed by atoms with E-state index in [1.54, 1.807) is 6.07 Å². The van der Waals surface area contributed by atoms with Crippen LogP contribution in [0.5, 0.6) is 5.75 Å². The summed E-state index contributed by atoms with van der Waals surface area (Å²) in [6.07, 6.45) is 3.13. The molecule has 3 rings (SSSR count). The lowest BCUT2D eigenvalue weighted by atomic mass is 9.89. The Hall–Kier alpha value is -2.24. The molecule has 6 nitrogen and oxygen atoms in total. The van der Waals surface area contributed by atoms with E-state index in [1.165, 1.54) is 0 Å². The van der Waals surface area contributed by atoms with Gasteiger partial charge in [-0.15, -0.1) is 0 Å². The minimum Gasteiger partial charge on any atom is -0.508 e. The molecule has 2 N–H and O–H groups in total. The number of carbonyl (C=O) groups is 2. The van der Waals surface area contributed by atoms with E-state index < -0.39 is 0 Å². The lowest BCUT2D eigenvalue weighted by Crippen LogP contribution is -2.48. The highest BCUT2D eigenvalue weighted by molar-refractivity contribution is 5.81. The van der Waals surface area contributed by atoms with Gasteiger partial charge in [0.15, 0.2) is 0 Å². The second-order valence-electron chi connectivity index (χ2n) is 7.05. The molecule has 2 saturated heterocycles. The summed E-state index contributed by atoms with van der Waals surface area (Å²) >= 11 is 0. The molecule has 0 radical (unpaired) electrons. The molecule has 0 bridgehead atoms. The van der Waals surface area contributed by atoms with Crippen LogP contribution >= 0.6 is 0 Å². The van der Waals surface area contributed by atoms with Crippen LogP contribution in [-0.4, -0.2) is 59.1 Å². The van der Waals surface area contributed by atoms with Gasteiger partial charge in [0, 0.05) is 32.6 Å². The Morgan fingerprint density at radius 3 is 2.76 bits per heavy atom. The van der Waals surface area contributed by atoms with Crippen molar-refractivity contribution in [2.75, 3.05) is 26.2 Å². The average molecular weight is 345 g/mol. The Bertz CT molecular complexity index is 626. The quantitative estimate of drug-likeness (QED) is 0.879. The lowest BCUT2D eigenvalue weighted by Gasteiger charge is -2.33. The number of urea groups is 1. The van der Waals surface area contributed by atoms with Gasteiger partial charge in [0.1, 0.15) is 5.75 Å². The molecule has 2 heterocycles. The van der Waals surface area contributed by atoms with Crippen molar-refractivity contribution in [1.29, 1.82) is 0 Å². The number of nitrogens with one attached hydrogen (secondary N) is 1. The second-order valence-corrected chi connectivity index (χ2v) is 7.05. The van der Waals surface area contributed by atoms with Crippen molar-refractivity contribution in [3.63, 3.8) is 0 Å². The number of hydrogen-bond donors (Lipinski definition) is 2. The van der Waals surface area contributed by atoms with Gasteiger partial charge in [-0.05, 0) is 42.9 Å². The van der Waals surface area contributed by atoms with Gasteiger partial charge in [0.25, 0.3) is 0 Å². The molecule has 1 aromatic carbocycles. The van der Waals surface area contributed by atoms with E-state index in [0.29, 0.717) is 37.7 Å². The molecule has 0 spiro atoms. The minimum absolute atomic E-state index is 0.0643. The Morgan fingerprint density at radius 2 is 2.08 bits per heavy atom. The topological polar surface area (TPSA) is 72.9 Å². The summed E-state index contributed by atoms with van der Waals surface area (Å²) in [5.74, 6) is 0.805. The summed E-state index contributed by atoms with van der Waals surface area (Å²) in [5.41, 5.74) is 1.14. The highest BCUT2D eigenvalue weighted by atomic mass is 16.3. The smallest absolute Gasteiger partial charge is 0.317 e. The van der Waals surface area contributed by atoms with E-state index in [9.17, 15) is 14.7 Å². The van der Waals surface area contributed by atoms with Crippen LogP contribution in [0.2, 0.25) is 0 Å². The predicted molar refractivity (Wildman–Crippen MR) is 95.5 cm³/mol. The third-order valence-electron chi connectivity index (χ3n) is 5.16. The standard InChI is InChI=1S/C19H27N3O3/c1-2-8-22-13-16(12-18(22)24)20-19(25)21-9-6-14(7-10-21)15-4-3-5-17(23)11-15/h3-5,11,14,16,23H,2,6-10,12-13H2,1H3,(H,20,25)/t16-/m1/s1. The van der Waals surface area contributed by atoms with E-state index in [0.717, 1.165) is 31.4 Å². The van der Waals surface area contributed by atoms with Crippen molar-refractivity contribution >= 4 is 11.9 Å². The van der Waals surface area contributed by atoms with Crippen molar-refractivity contribution < 1.29 is 14.7 Å². The third kappa shape index (κ3) is 4.24. The summed E-state index contributed by atoms with van der Waals surface area (Å²) in [6, 6.07) is 7.25. The summed E-state index contributed by atoms with van der Waals surface area (Å²) in [5, 5.41) is 12.6. The maximum Gasteiger partial charge on any atom is 0.317 e. The summed E-state index contributed by atoms with van der Waals surface area (Å²) < 4.78 is 0. The van der Waals surface area contributed by atoms with Gasteiger partial charge in [-0.2, -0.15) is 0 Å². The molecule has 1 atom stereocenters. The molecule has 25 heavy (non-hydrogen) atoms. The molecule has 136 valence electrons. The first-order valence-electron chi connectivity index (χ1n) is 9.19. The first kappa shape index (κ1) is 17.6. The Balaban J connectivity index is 1.48. The minimum atomic E-state index is -0.0738. The number of hydrogen-bond acceptors (Lipinski definition) is 3. The predicted octanol–water partition coefficient (Wildman–Crippen LogP) is 2.29. The number of phenolic OH excluding ortho intramolecular Hbond substituents is 1. The summed E-state index contributed by atoms with van der Waals surface area (Å²) in [7, 11) is 0. The molecule has 1 aromatic rings. The maximum atomic E-state index is 12.5. The highest BCUT2D eigenvalue weighted by Crippen LogP contribution is 2.29. The van der Waals surface area contributed by atoms with Gasteiger partial charge in [-0.25, -0.2) is 4.79 Å². The summed E-state index contributed by atoms with van der Waals surface area (Å²) in [4.78, 5) is 28.0. The van der Waals surface area contributed by atoms with E-state index in [2.05, 4.69) is 12.2 Å². The number of carbonyl (C=O) groups excluding carboxylic acids is 2. The van der Waals surface area contributed by atoms with Crippen molar-refractivity contribution in [3.8, 4) is 5.75 Å². The number of nitrogens with zero attached hydrogens (tertiary/aromatic N) is 2. The molecule has 0 unspecified atom stereocenters. The first-order chi connectivity index (χ1) is 12.1. The number of amides is 3. The van der Waals surface area contributed by atoms with Crippen LogP contribution in [0.3, 0.4) is 0 Å². The van der Waals surface area contributed by atoms with Gasteiger partial charge in [0.2, 0.25) is 5.91 Å². The number of benzene rings is 1. The molecule has 3 amide bonds. The van der Waals surface area contributed by atoms with Crippen LogP contribution in [0.1, 0.15) is 44.1 Å².